The van der Waals surface area contributed by atoms with E-state index >= 15 is 0 Å². The van der Waals surface area contributed by atoms with E-state index in [2.05, 4.69) is 5.32 Å². The Bertz CT molecular complexity index is 255. The third-order valence-corrected chi connectivity index (χ3v) is 3.21. The second-order valence-corrected chi connectivity index (χ2v) is 5.63. The standard InChI is InChI=1S/C10H19NO4S/c1-7(5-15-4)11-8(12)6-16-10(2,3)9(13)14/h7H,5-6H2,1-4H3,(H,11,12)(H,13,14). The molecule has 1 unspecified atom stereocenters. The molecule has 2 N–H and O–H groups in total. The van der Waals surface area contributed by atoms with Gasteiger partial charge < -0.3 is 15.2 Å². The number of carbonyl (C=O) groups excluding carboxylic acids is 1. The molecule has 0 aliphatic heterocycles. The first-order chi connectivity index (χ1) is 7.29. The van der Waals surface area contributed by atoms with Crippen molar-refractivity contribution < 1.29 is 19.4 Å². The van der Waals surface area contributed by atoms with Gasteiger partial charge in [-0.3, -0.25) is 9.59 Å². The number of carboxylic acids is 1. The molecule has 0 heterocycles. The largest absolute Gasteiger partial charge is 0.480 e. The molecule has 5 nitrogen and oxygen atoms in total. The monoisotopic (exact) mass is 249 g/mol. The van der Waals surface area contributed by atoms with Crippen LogP contribution in [-0.4, -0.2) is 47.2 Å². The van der Waals surface area contributed by atoms with Gasteiger partial charge in [0.05, 0.1) is 12.4 Å². The first kappa shape index (κ1) is 15.2. The third-order valence-electron chi connectivity index (χ3n) is 1.90. The first-order valence-electron chi connectivity index (χ1n) is 4.95. The molecule has 1 amide bonds. The number of hydrogen-bond donors (Lipinski definition) is 2. The molecule has 0 aromatic heterocycles. The first-order valence-corrected chi connectivity index (χ1v) is 5.94. The fourth-order valence-electron chi connectivity index (χ4n) is 0.916. The molecule has 0 aromatic rings. The van der Waals surface area contributed by atoms with Crippen LogP contribution < -0.4 is 5.32 Å². The van der Waals surface area contributed by atoms with Gasteiger partial charge in [-0.2, -0.15) is 0 Å². The lowest BCUT2D eigenvalue weighted by molar-refractivity contribution is -0.138. The van der Waals surface area contributed by atoms with Gasteiger partial charge in [-0.25, -0.2) is 0 Å². The highest BCUT2D eigenvalue weighted by Gasteiger charge is 2.28. The molecule has 0 aromatic carbocycles. The number of aliphatic carboxylic acids is 1. The van der Waals surface area contributed by atoms with Crippen LogP contribution in [-0.2, 0) is 14.3 Å². The second kappa shape index (κ2) is 6.75. The molecule has 0 spiro atoms. The molecule has 0 saturated heterocycles. The predicted octanol–water partition coefficient (Wildman–Crippen LogP) is 0.734. The van der Waals surface area contributed by atoms with E-state index in [-0.39, 0.29) is 17.7 Å². The summed E-state index contributed by atoms with van der Waals surface area (Å²) in [6, 6.07) is -0.0639. The summed E-state index contributed by atoms with van der Waals surface area (Å²) in [5.74, 6) is -0.966. The maximum Gasteiger partial charge on any atom is 0.319 e. The summed E-state index contributed by atoms with van der Waals surface area (Å²) in [7, 11) is 1.56. The predicted molar refractivity (Wildman–Crippen MR) is 63.7 cm³/mol. The summed E-state index contributed by atoms with van der Waals surface area (Å²) in [6.07, 6.45) is 0. The minimum atomic E-state index is -0.943. The zero-order chi connectivity index (χ0) is 12.8. The van der Waals surface area contributed by atoms with Gasteiger partial charge >= 0.3 is 5.97 Å². The maximum atomic E-state index is 11.4. The van der Waals surface area contributed by atoms with Crippen molar-refractivity contribution >= 4 is 23.6 Å². The minimum absolute atomic E-state index is 0.0639. The molecule has 0 fully saturated rings. The van der Waals surface area contributed by atoms with E-state index < -0.39 is 10.7 Å². The van der Waals surface area contributed by atoms with E-state index in [0.717, 1.165) is 11.8 Å². The molecule has 1 atom stereocenters. The fourth-order valence-corrected chi connectivity index (χ4v) is 1.61. The maximum absolute atomic E-state index is 11.4. The van der Waals surface area contributed by atoms with Gasteiger partial charge in [-0.05, 0) is 20.8 Å². The van der Waals surface area contributed by atoms with Crippen LogP contribution >= 0.6 is 11.8 Å². The number of thioether (sulfide) groups is 1. The number of ether oxygens (including phenoxy) is 1. The summed E-state index contributed by atoms with van der Waals surface area (Å²) in [5.41, 5.74) is 0. The molecular weight excluding hydrogens is 230 g/mol. The average Bonchev–Trinajstić information content (AvgIpc) is 2.15. The zero-order valence-electron chi connectivity index (χ0n) is 10.1. The number of carboxylic acid groups (broad SMARTS) is 1. The average molecular weight is 249 g/mol. The molecule has 0 aliphatic rings. The quantitative estimate of drug-likeness (QED) is 0.696. The van der Waals surface area contributed by atoms with E-state index in [1.165, 1.54) is 0 Å². The molecule has 0 rings (SSSR count). The number of amides is 1. The van der Waals surface area contributed by atoms with Crippen LogP contribution in [0.15, 0.2) is 0 Å². The highest BCUT2D eigenvalue weighted by Crippen LogP contribution is 2.23. The summed E-state index contributed by atoms with van der Waals surface area (Å²) in [4.78, 5) is 22.2. The third kappa shape index (κ3) is 5.97. The number of nitrogens with one attached hydrogen (secondary N) is 1. The number of methoxy groups -OCH3 is 1. The fraction of sp³-hybridized carbons (Fsp3) is 0.800. The van der Waals surface area contributed by atoms with Crippen molar-refractivity contribution in [2.45, 2.75) is 31.6 Å². The van der Waals surface area contributed by atoms with Gasteiger partial charge in [0.2, 0.25) is 5.91 Å². The van der Waals surface area contributed by atoms with E-state index in [1.807, 2.05) is 6.92 Å². The minimum Gasteiger partial charge on any atom is -0.480 e. The van der Waals surface area contributed by atoms with E-state index in [1.54, 1.807) is 21.0 Å². The zero-order valence-corrected chi connectivity index (χ0v) is 10.9. The molecule has 0 saturated carbocycles. The summed E-state index contributed by atoms with van der Waals surface area (Å²) in [6.45, 7) is 5.42. The Labute approximate surface area is 99.9 Å². The van der Waals surface area contributed by atoms with Crippen molar-refractivity contribution in [3.8, 4) is 0 Å². The lowest BCUT2D eigenvalue weighted by Gasteiger charge is -2.19. The Morgan fingerprint density at radius 3 is 2.50 bits per heavy atom. The van der Waals surface area contributed by atoms with Crippen molar-refractivity contribution in [1.82, 2.24) is 5.32 Å². The Morgan fingerprint density at radius 1 is 1.50 bits per heavy atom. The molecule has 0 bridgehead atoms. The van der Waals surface area contributed by atoms with Crippen LogP contribution in [0, 0.1) is 0 Å². The van der Waals surface area contributed by atoms with Crippen molar-refractivity contribution in [3.05, 3.63) is 0 Å². The summed E-state index contributed by atoms with van der Waals surface area (Å²) >= 11 is 1.10. The second-order valence-electron chi connectivity index (χ2n) is 4.03. The SMILES string of the molecule is COCC(C)NC(=O)CSC(C)(C)C(=O)O. The van der Waals surface area contributed by atoms with E-state index in [9.17, 15) is 9.59 Å². The Balaban J connectivity index is 3.94. The van der Waals surface area contributed by atoms with Crippen molar-refractivity contribution in [3.63, 3.8) is 0 Å². The number of carbonyl (C=O) groups is 2. The lowest BCUT2D eigenvalue weighted by atomic mass is 10.2. The number of hydrogen-bond acceptors (Lipinski definition) is 4. The highest BCUT2D eigenvalue weighted by atomic mass is 32.2. The molecule has 6 heteroatoms. The summed E-state index contributed by atoms with van der Waals surface area (Å²) < 4.78 is 3.93. The molecular formula is C10H19NO4S. The Morgan fingerprint density at radius 2 is 2.06 bits per heavy atom. The van der Waals surface area contributed by atoms with Crippen molar-refractivity contribution in [1.29, 1.82) is 0 Å². The highest BCUT2D eigenvalue weighted by molar-refractivity contribution is 8.01. The Hall–Kier alpha value is -0.750. The van der Waals surface area contributed by atoms with Crippen LogP contribution in [0.25, 0.3) is 0 Å². The van der Waals surface area contributed by atoms with Crippen LogP contribution in [0.2, 0.25) is 0 Å². The van der Waals surface area contributed by atoms with Gasteiger partial charge in [-0.15, -0.1) is 11.8 Å². The Kier molecular flexibility index (Phi) is 6.43. The van der Waals surface area contributed by atoms with Crippen LogP contribution in [0.1, 0.15) is 20.8 Å². The lowest BCUT2D eigenvalue weighted by Crippen LogP contribution is -2.38. The van der Waals surface area contributed by atoms with Crippen LogP contribution in [0.3, 0.4) is 0 Å². The van der Waals surface area contributed by atoms with Crippen molar-refractivity contribution in [2.24, 2.45) is 0 Å². The van der Waals surface area contributed by atoms with Gasteiger partial charge in [-0.1, -0.05) is 0 Å². The molecule has 0 aliphatic carbocycles. The van der Waals surface area contributed by atoms with Gasteiger partial charge in [0.25, 0.3) is 0 Å². The van der Waals surface area contributed by atoms with E-state index in [4.69, 9.17) is 9.84 Å². The summed E-state index contributed by atoms with van der Waals surface area (Å²) in [5, 5.41) is 11.6. The normalized spacial score (nSPS) is 13.2. The molecule has 0 radical (unpaired) electrons. The topological polar surface area (TPSA) is 75.6 Å². The smallest absolute Gasteiger partial charge is 0.319 e. The van der Waals surface area contributed by atoms with Gasteiger partial charge in [0.15, 0.2) is 0 Å². The number of rotatable bonds is 7. The van der Waals surface area contributed by atoms with Gasteiger partial charge in [0.1, 0.15) is 4.75 Å². The molecule has 16 heavy (non-hydrogen) atoms. The van der Waals surface area contributed by atoms with Crippen LogP contribution in [0.4, 0.5) is 0 Å². The van der Waals surface area contributed by atoms with Crippen LogP contribution in [0.5, 0.6) is 0 Å². The molecule has 94 valence electrons. The van der Waals surface area contributed by atoms with Gasteiger partial charge in [0, 0.05) is 13.2 Å². The van der Waals surface area contributed by atoms with Crippen molar-refractivity contribution in [2.75, 3.05) is 19.5 Å². The van der Waals surface area contributed by atoms with E-state index in [0.29, 0.717) is 6.61 Å².